The van der Waals surface area contributed by atoms with Gasteiger partial charge in [-0.25, -0.2) is 0 Å². The summed E-state index contributed by atoms with van der Waals surface area (Å²) >= 11 is 6.26. The summed E-state index contributed by atoms with van der Waals surface area (Å²) in [6, 6.07) is 8.37. The maximum atomic E-state index is 6.26. The molecule has 1 aromatic carbocycles. The average molecular weight is 304 g/mol. The van der Waals surface area contributed by atoms with E-state index in [0.717, 1.165) is 35.6 Å². The highest BCUT2D eigenvalue weighted by molar-refractivity contribution is 6.35. The summed E-state index contributed by atoms with van der Waals surface area (Å²) in [5.74, 6) is 0.668. The predicted molar refractivity (Wildman–Crippen MR) is 88.4 cm³/mol. The molecule has 2 N–H and O–H groups in total. The number of halogens is 1. The summed E-state index contributed by atoms with van der Waals surface area (Å²) in [6.45, 7) is 5.29. The van der Waals surface area contributed by atoms with Gasteiger partial charge in [0.1, 0.15) is 0 Å². The van der Waals surface area contributed by atoms with Crippen molar-refractivity contribution in [1.29, 1.82) is 0 Å². The second-order valence-electron chi connectivity index (χ2n) is 6.08. The first kappa shape index (κ1) is 14.8. The standard InChI is InChI=1S/C17H22ClN3/c1-12(19)13-6-9-21(10-7-13)11-14-4-5-16(18)15-3-2-8-20-17(14)15/h2-5,8,12-13H,6-7,9-11,19H2,1H3. The Morgan fingerprint density at radius 2 is 2.10 bits per heavy atom. The molecule has 0 spiro atoms. The van der Waals surface area contributed by atoms with Crippen LogP contribution >= 0.6 is 11.6 Å². The van der Waals surface area contributed by atoms with Crippen molar-refractivity contribution in [3.05, 3.63) is 41.0 Å². The van der Waals surface area contributed by atoms with Crippen LogP contribution in [0.4, 0.5) is 0 Å². The predicted octanol–water partition coefficient (Wildman–Crippen LogP) is 3.45. The summed E-state index contributed by atoms with van der Waals surface area (Å²) in [7, 11) is 0. The van der Waals surface area contributed by atoms with Gasteiger partial charge >= 0.3 is 0 Å². The number of hydrogen-bond acceptors (Lipinski definition) is 3. The van der Waals surface area contributed by atoms with Gasteiger partial charge < -0.3 is 5.73 Å². The first-order valence-corrected chi connectivity index (χ1v) is 8.03. The number of aromatic nitrogens is 1. The molecule has 1 aromatic heterocycles. The van der Waals surface area contributed by atoms with E-state index in [0.29, 0.717) is 12.0 Å². The van der Waals surface area contributed by atoms with Crippen molar-refractivity contribution < 1.29 is 0 Å². The molecule has 1 aliphatic heterocycles. The largest absolute Gasteiger partial charge is 0.328 e. The molecule has 2 heterocycles. The lowest BCUT2D eigenvalue weighted by molar-refractivity contribution is 0.166. The fraction of sp³-hybridized carbons (Fsp3) is 0.471. The van der Waals surface area contributed by atoms with Crippen LogP contribution in [-0.4, -0.2) is 29.0 Å². The number of hydrogen-bond donors (Lipinski definition) is 1. The number of nitrogens with two attached hydrogens (primary N) is 1. The molecular formula is C17H22ClN3. The van der Waals surface area contributed by atoms with Gasteiger partial charge in [-0.3, -0.25) is 9.88 Å². The minimum Gasteiger partial charge on any atom is -0.328 e. The van der Waals surface area contributed by atoms with Crippen molar-refractivity contribution >= 4 is 22.5 Å². The summed E-state index contributed by atoms with van der Waals surface area (Å²) in [5, 5.41) is 1.82. The first-order chi connectivity index (χ1) is 10.1. The molecule has 21 heavy (non-hydrogen) atoms. The maximum Gasteiger partial charge on any atom is 0.0761 e. The zero-order chi connectivity index (χ0) is 14.8. The zero-order valence-electron chi connectivity index (χ0n) is 12.4. The van der Waals surface area contributed by atoms with Gasteiger partial charge in [-0.05, 0) is 62.5 Å². The number of piperidine rings is 1. The van der Waals surface area contributed by atoms with Crippen LogP contribution in [-0.2, 0) is 6.54 Å². The Bertz CT molecular complexity index is 618. The van der Waals surface area contributed by atoms with Gasteiger partial charge in [0.2, 0.25) is 0 Å². The molecule has 0 amide bonds. The van der Waals surface area contributed by atoms with Gasteiger partial charge in [0.15, 0.2) is 0 Å². The lowest BCUT2D eigenvalue weighted by atomic mass is 9.91. The molecule has 2 aromatic rings. The maximum absolute atomic E-state index is 6.26. The Labute approximate surface area is 131 Å². The third-order valence-corrected chi connectivity index (χ3v) is 4.90. The molecule has 0 saturated carbocycles. The van der Waals surface area contributed by atoms with Crippen LogP contribution < -0.4 is 5.73 Å². The Kier molecular flexibility index (Phi) is 4.43. The molecule has 1 saturated heterocycles. The fourth-order valence-electron chi connectivity index (χ4n) is 3.20. The number of pyridine rings is 1. The van der Waals surface area contributed by atoms with Gasteiger partial charge in [0, 0.05) is 29.2 Å². The highest BCUT2D eigenvalue weighted by atomic mass is 35.5. The molecule has 4 heteroatoms. The molecule has 0 bridgehead atoms. The second-order valence-corrected chi connectivity index (χ2v) is 6.49. The van der Waals surface area contributed by atoms with E-state index in [9.17, 15) is 0 Å². The van der Waals surface area contributed by atoms with Gasteiger partial charge in [-0.15, -0.1) is 0 Å². The smallest absolute Gasteiger partial charge is 0.0761 e. The molecular weight excluding hydrogens is 282 g/mol. The Morgan fingerprint density at radius 1 is 1.33 bits per heavy atom. The topological polar surface area (TPSA) is 42.1 Å². The zero-order valence-corrected chi connectivity index (χ0v) is 13.2. The number of benzene rings is 1. The van der Waals surface area contributed by atoms with Crippen molar-refractivity contribution in [3.8, 4) is 0 Å². The van der Waals surface area contributed by atoms with Crippen molar-refractivity contribution in [2.45, 2.75) is 32.4 Å². The third-order valence-electron chi connectivity index (χ3n) is 4.57. The van der Waals surface area contributed by atoms with E-state index in [2.05, 4.69) is 22.9 Å². The van der Waals surface area contributed by atoms with Crippen LogP contribution in [0.3, 0.4) is 0 Å². The highest BCUT2D eigenvalue weighted by Gasteiger charge is 2.22. The van der Waals surface area contributed by atoms with E-state index in [1.54, 1.807) is 0 Å². The third kappa shape index (κ3) is 3.20. The molecule has 1 fully saturated rings. The summed E-state index contributed by atoms with van der Waals surface area (Å²) < 4.78 is 0. The molecule has 1 atom stereocenters. The van der Waals surface area contributed by atoms with E-state index in [-0.39, 0.29) is 0 Å². The molecule has 1 aliphatic rings. The van der Waals surface area contributed by atoms with Gasteiger partial charge in [-0.2, -0.15) is 0 Å². The van der Waals surface area contributed by atoms with E-state index < -0.39 is 0 Å². The summed E-state index contributed by atoms with van der Waals surface area (Å²) in [4.78, 5) is 7.02. The van der Waals surface area contributed by atoms with Gasteiger partial charge in [0.25, 0.3) is 0 Å². The second kappa shape index (κ2) is 6.30. The average Bonchev–Trinajstić information content (AvgIpc) is 2.51. The molecule has 0 radical (unpaired) electrons. The fourth-order valence-corrected chi connectivity index (χ4v) is 3.42. The number of likely N-dealkylation sites (tertiary alicyclic amines) is 1. The van der Waals surface area contributed by atoms with E-state index >= 15 is 0 Å². The van der Waals surface area contributed by atoms with Gasteiger partial charge in [-0.1, -0.05) is 17.7 Å². The quantitative estimate of drug-likeness (QED) is 0.944. The minimum atomic E-state index is 0.310. The van der Waals surface area contributed by atoms with Crippen molar-refractivity contribution in [2.75, 3.05) is 13.1 Å². The molecule has 0 aliphatic carbocycles. The number of rotatable bonds is 3. The molecule has 3 rings (SSSR count). The van der Waals surface area contributed by atoms with Crippen molar-refractivity contribution in [3.63, 3.8) is 0 Å². The Hall–Kier alpha value is -1.16. The molecule has 1 unspecified atom stereocenters. The van der Waals surface area contributed by atoms with Crippen LogP contribution in [0.15, 0.2) is 30.5 Å². The van der Waals surface area contributed by atoms with Crippen LogP contribution in [0.2, 0.25) is 5.02 Å². The number of nitrogens with zero attached hydrogens (tertiary/aromatic N) is 2. The highest BCUT2D eigenvalue weighted by Crippen LogP contribution is 2.27. The van der Waals surface area contributed by atoms with Crippen LogP contribution in [0.1, 0.15) is 25.3 Å². The van der Waals surface area contributed by atoms with E-state index in [4.69, 9.17) is 17.3 Å². The molecule has 112 valence electrons. The number of fused-ring (bicyclic) bond motifs is 1. The lowest BCUT2D eigenvalue weighted by Gasteiger charge is -2.33. The monoisotopic (exact) mass is 303 g/mol. The SMILES string of the molecule is CC(N)C1CCN(Cc2ccc(Cl)c3cccnc23)CC1. The summed E-state index contributed by atoms with van der Waals surface area (Å²) in [6.07, 6.45) is 4.22. The van der Waals surface area contributed by atoms with Gasteiger partial charge in [0.05, 0.1) is 5.52 Å². The van der Waals surface area contributed by atoms with Crippen molar-refractivity contribution in [1.82, 2.24) is 9.88 Å². The van der Waals surface area contributed by atoms with Crippen LogP contribution in [0.5, 0.6) is 0 Å². The van der Waals surface area contributed by atoms with Crippen molar-refractivity contribution in [2.24, 2.45) is 11.7 Å². The Morgan fingerprint density at radius 3 is 2.81 bits per heavy atom. The van der Waals surface area contributed by atoms with Crippen LogP contribution in [0.25, 0.3) is 10.9 Å². The minimum absolute atomic E-state index is 0.310. The Balaban J connectivity index is 1.76. The lowest BCUT2D eigenvalue weighted by Crippen LogP contribution is -2.39. The van der Waals surface area contributed by atoms with E-state index in [1.165, 1.54) is 18.4 Å². The summed E-state index contributed by atoms with van der Waals surface area (Å²) in [5.41, 5.74) is 8.30. The normalized spacial score (nSPS) is 19.0. The molecule has 3 nitrogen and oxygen atoms in total. The van der Waals surface area contributed by atoms with Crippen LogP contribution in [0, 0.1) is 5.92 Å². The first-order valence-electron chi connectivity index (χ1n) is 7.65. The van der Waals surface area contributed by atoms with E-state index in [1.807, 2.05) is 24.4 Å².